The van der Waals surface area contributed by atoms with Gasteiger partial charge in [0.05, 0.1) is 7.11 Å². The number of carbonyl (C=O) groups excluding carboxylic acids is 2. The molecule has 1 aromatic rings. The zero-order chi connectivity index (χ0) is 18.9. The van der Waals surface area contributed by atoms with Crippen LogP contribution in [0.25, 0.3) is 0 Å². The first-order valence-corrected chi connectivity index (χ1v) is 8.39. The van der Waals surface area contributed by atoms with Crippen LogP contribution >= 0.6 is 0 Å². The van der Waals surface area contributed by atoms with Gasteiger partial charge in [0, 0.05) is 18.3 Å². The smallest absolute Gasteiger partial charge is 0.387 e. The van der Waals surface area contributed by atoms with Crippen LogP contribution in [0.1, 0.15) is 32.1 Å². The van der Waals surface area contributed by atoms with Gasteiger partial charge in [-0.1, -0.05) is 11.6 Å². The van der Waals surface area contributed by atoms with E-state index >= 15 is 0 Å². The van der Waals surface area contributed by atoms with Crippen LogP contribution in [0.2, 0.25) is 0 Å². The van der Waals surface area contributed by atoms with Crippen molar-refractivity contribution in [2.75, 3.05) is 19.0 Å². The third-order valence-electron chi connectivity index (χ3n) is 3.96. The Kier molecular flexibility index (Phi) is 7.37. The lowest BCUT2D eigenvalue weighted by Gasteiger charge is -2.13. The summed E-state index contributed by atoms with van der Waals surface area (Å²) in [7, 11) is 1.31. The monoisotopic (exact) mass is 368 g/mol. The van der Waals surface area contributed by atoms with Gasteiger partial charge in [0.25, 0.3) is 0 Å². The largest absolute Gasteiger partial charge is 0.493 e. The first kappa shape index (κ1) is 19.7. The summed E-state index contributed by atoms with van der Waals surface area (Å²) in [4.78, 5) is 23.8. The zero-order valence-corrected chi connectivity index (χ0v) is 14.5. The zero-order valence-electron chi connectivity index (χ0n) is 14.5. The van der Waals surface area contributed by atoms with Gasteiger partial charge in [-0.3, -0.25) is 9.59 Å². The molecule has 0 spiro atoms. The van der Waals surface area contributed by atoms with Gasteiger partial charge in [-0.05, 0) is 44.2 Å². The molecule has 0 saturated heterocycles. The predicted octanol–water partition coefficient (Wildman–Crippen LogP) is 3.24. The summed E-state index contributed by atoms with van der Waals surface area (Å²) in [6.07, 6.45) is 7.33. The second-order valence-corrected chi connectivity index (χ2v) is 5.81. The molecule has 1 aromatic carbocycles. The Morgan fingerprint density at radius 2 is 2.00 bits per heavy atom. The van der Waals surface area contributed by atoms with E-state index in [4.69, 9.17) is 4.74 Å². The third-order valence-corrected chi connectivity index (χ3v) is 3.96. The van der Waals surface area contributed by atoms with Crippen molar-refractivity contribution in [2.24, 2.45) is 0 Å². The molecule has 1 aliphatic rings. The SMILES string of the molecule is COc1ccc(NC(=O)C(=O)NCCC2=CCCCC2)cc1OC(F)F. The molecule has 2 amide bonds. The average Bonchev–Trinajstić information content (AvgIpc) is 2.62. The van der Waals surface area contributed by atoms with E-state index in [0.29, 0.717) is 13.0 Å². The van der Waals surface area contributed by atoms with Crippen LogP contribution in [-0.4, -0.2) is 32.1 Å². The van der Waals surface area contributed by atoms with Crippen LogP contribution in [0.4, 0.5) is 14.5 Å². The number of halogens is 2. The Labute approximate surface area is 150 Å². The molecule has 0 atom stereocenters. The molecular formula is C18H22F2N2O4. The summed E-state index contributed by atoms with van der Waals surface area (Å²) >= 11 is 0. The van der Waals surface area contributed by atoms with Crippen molar-refractivity contribution in [1.82, 2.24) is 5.32 Å². The van der Waals surface area contributed by atoms with Gasteiger partial charge in [-0.25, -0.2) is 0 Å². The van der Waals surface area contributed by atoms with E-state index in [1.165, 1.54) is 37.3 Å². The number of allylic oxidation sites excluding steroid dienone is 1. The van der Waals surface area contributed by atoms with Crippen molar-refractivity contribution in [3.8, 4) is 11.5 Å². The maximum absolute atomic E-state index is 12.4. The molecular weight excluding hydrogens is 346 g/mol. The van der Waals surface area contributed by atoms with Crippen LogP contribution in [0.15, 0.2) is 29.8 Å². The molecule has 0 saturated carbocycles. The fraction of sp³-hybridized carbons (Fsp3) is 0.444. The maximum Gasteiger partial charge on any atom is 0.387 e. The molecule has 26 heavy (non-hydrogen) atoms. The van der Waals surface area contributed by atoms with E-state index in [0.717, 1.165) is 19.3 Å². The fourth-order valence-electron chi connectivity index (χ4n) is 2.68. The van der Waals surface area contributed by atoms with Crippen LogP contribution in [0.3, 0.4) is 0 Å². The number of benzene rings is 1. The van der Waals surface area contributed by atoms with Crippen molar-refractivity contribution in [2.45, 2.75) is 38.7 Å². The number of alkyl halides is 2. The van der Waals surface area contributed by atoms with Crippen LogP contribution < -0.4 is 20.1 Å². The predicted molar refractivity (Wildman–Crippen MR) is 92.4 cm³/mol. The lowest BCUT2D eigenvalue weighted by atomic mass is 9.97. The summed E-state index contributed by atoms with van der Waals surface area (Å²) in [5.74, 6) is -1.80. The number of methoxy groups -OCH3 is 1. The Bertz CT molecular complexity index is 677. The molecule has 6 nitrogen and oxygen atoms in total. The second-order valence-electron chi connectivity index (χ2n) is 5.81. The highest BCUT2D eigenvalue weighted by Gasteiger charge is 2.16. The van der Waals surface area contributed by atoms with Gasteiger partial charge < -0.3 is 20.1 Å². The Morgan fingerprint density at radius 3 is 2.65 bits per heavy atom. The molecule has 0 aromatic heterocycles. The molecule has 0 heterocycles. The van der Waals surface area contributed by atoms with Crippen LogP contribution in [-0.2, 0) is 9.59 Å². The lowest BCUT2D eigenvalue weighted by molar-refractivity contribution is -0.136. The van der Waals surface area contributed by atoms with Crippen molar-refractivity contribution >= 4 is 17.5 Å². The van der Waals surface area contributed by atoms with E-state index in [1.807, 2.05) is 0 Å². The van der Waals surface area contributed by atoms with Gasteiger partial charge >= 0.3 is 18.4 Å². The molecule has 0 unspecified atom stereocenters. The molecule has 1 aliphatic carbocycles. The summed E-state index contributed by atoms with van der Waals surface area (Å²) in [6, 6.07) is 3.96. The summed E-state index contributed by atoms with van der Waals surface area (Å²) in [5.41, 5.74) is 1.44. The van der Waals surface area contributed by atoms with E-state index in [1.54, 1.807) is 0 Å². The molecule has 8 heteroatoms. The number of hydrogen-bond donors (Lipinski definition) is 2. The number of rotatable bonds is 7. The van der Waals surface area contributed by atoms with Gasteiger partial charge in [-0.2, -0.15) is 8.78 Å². The first-order chi connectivity index (χ1) is 12.5. The maximum atomic E-state index is 12.4. The number of nitrogens with one attached hydrogen (secondary N) is 2. The minimum Gasteiger partial charge on any atom is -0.493 e. The highest BCUT2D eigenvalue weighted by molar-refractivity contribution is 6.39. The average molecular weight is 368 g/mol. The van der Waals surface area contributed by atoms with Gasteiger partial charge in [0.1, 0.15) is 0 Å². The molecule has 0 radical (unpaired) electrons. The number of anilines is 1. The standard InChI is InChI=1S/C18H22F2N2O4/c1-25-14-8-7-13(11-15(14)26-18(19)20)22-17(24)16(23)21-10-9-12-5-3-2-4-6-12/h5,7-8,11,18H,2-4,6,9-10H2,1H3,(H,21,23)(H,22,24). The van der Waals surface area contributed by atoms with E-state index in [9.17, 15) is 18.4 Å². The Morgan fingerprint density at radius 1 is 1.19 bits per heavy atom. The van der Waals surface area contributed by atoms with E-state index < -0.39 is 18.4 Å². The minimum absolute atomic E-state index is 0.0912. The van der Waals surface area contributed by atoms with Crippen molar-refractivity contribution in [3.05, 3.63) is 29.8 Å². The number of carbonyl (C=O) groups is 2. The van der Waals surface area contributed by atoms with Gasteiger partial charge in [0.15, 0.2) is 11.5 Å². The van der Waals surface area contributed by atoms with Gasteiger partial charge in [-0.15, -0.1) is 0 Å². The molecule has 2 N–H and O–H groups in total. The molecule has 0 fully saturated rings. The number of ether oxygens (including phenoxy) is 2. The highest BCUT2D eigenvalue weighted by atomic mass is 19.3. The Hall–Kier alpha value is -2.64. The fourth-order valence-corrected chi connectivity index (χ4v) is 2.68. The molecule has 0 bridgehead atoms. The van der Waals surface area contributed by atoms with Crippen molar-refractivity contribution < 1.29 is 27.8 Å². The molecule has 2 rings (SSSR count). The van der Waals surface area contributed by atoms with Crippen LogP contribution in [0.5, 0.6) is 11.5 Å². The summed E-state index contributed by atoms with van der Waals surface area (Å²) in [6.45, 7) is -2.66. The Balaban J connectivity index is 1.87. The van der Waals surface area contributed by atoms with Crippen LogP contribution in [0, 0.1) is 0 Å². The highest BCUT2D eigenvalue weighted by Crippen LogP contribution is 2.31. The van der Waals surface area contributed by atoms with E-state index in [-0.39, 0.29) is 17.2 Å². The summed E-state index contributed by atoms with van der Waals surface area (Å²) in [5, 5.41) is 4.90. The minimum atomic E-state index is -3.03. The topological polar surface area (TPSA) is 76.7 Å². The first-order valence-electron chi connectivity index (χ1n) is 8.39. The number of hydrogen-bond acceptors (Lipinski definition) is 4. The lowest BCUT2D eigenvalue weighted by Crippen LogP contribution is -2.36. The van der Waals surface area contributed by atoms with Crippen molar-refractivity contribution in [3.63, 3.8) is 0 Å². The molecule has 142 valence electrons. The second kappa shape index (κ2) is 9.74. The summed E-state index contributed by atoms with van der Waals surface area (Å²) < 4.78 is 34.1. The normalized spacial score (nSPS) is 13.8. The third kappa shape index (κ3) is 6.02. The molecule has 0 aliphatic heterocycles. The van der Waals surface area contributed by atoms with Crippen molar-refractivity contribution in [1.29, 1.82) is 0 Å². The van der Waals surface area contributed by atoms with E-state index in [2.05, 4.69) is 21.4 Å². The quantitative estimate of drug-likeness (QED) is 0.572. The van der Waals surface area contributed by atoms with Gasteiger partial charge in [0.2, 0.25) is 0 Å². The number of amides is 2.